The molecule has 180 valence electrons. The van der Waals surface area contributed by atoms with Gasteiger partial charge in [0.2, 0.25) is 0 Å². The summed E-state index contributed by atoms with van der Waals surface area (Å²) < 4.78 is 60.3. The lowest BCUT2D eigenvalue weighted by Crippen LogP contribution is -2.15. The van der Waals surface area contributed by atoms with Crippen molar-refractivity contribution in [2.75, 3.05) is 5.32 Å². The lowest BCUT2D eigenvalue weighted by molar-refractivity contribution is -0.137. The van der Waals surface area contributed by atoms with Crippen molar-refractivity contribution in [3.63, 3.8) is 0 Å². The van der Waals surface area contributed by atoms with Gasteiger partial charge in [-0.05, 0) is 37.3 Å². The summed E-state index contributed by atoms with van der Waals surface area (Å²) in [6.07, 6.45) is -2.61. The Bertz CT molecular complexity index is 1520. The van der Waals surface area contributed by atoms with E-state index in [1.165, 1.54) is 25.3 Å². The molecule has 0 unspecified atom stereocenters. The first-order chi connectivity index (χ1) is 16.4. The Morgan fingerprint density at radius 2 is 1.91 bits per heavy atom. The zero-order valence-corrected chi connectivity index (χ0v) is 18.4. The number of carboxylic acids is 1. The molecule has 35 heavy (non-hydrogen) atoms. The van der Waals surface area contributed by atoms with Crippen LogP contribution in [0, 0.1) is 5.82 Å². The van der Waals surface area contributed by atoms with Crippen molar-refractivity contribution in [1.82, 2.24) is 9.97 Å². The molecule has 0 aliphatic carbocycles. The van der Waals surface area contributed by atoms with Crippen LogP contribution >= 0.6 is 11.6 Å². The summed E-state index contributed by atoms with van der Waals surface area (Å²) in [5, 5.41) is 11.8. The summed E-state index contributed by atoms with van der Waals surface area (Å²) >= 11 is 5.76. The van der Waals surface area contributed by atoms with E-state index in [2.05, 4.69) is 15.3 Å². The molecule has 2 N–H and O–H groups in total. The Labute approximate surface area is 199 Å². The highest BCUT2D eigenvalue weighted by Crippen LogP contribution is 2.37. The molecule has 1 aromatic carbocycles. The van der Waals surface area contributed by atoms with E-state index in [1.54, 1.807) is 0 Å². The minimum atomic E-state index is -4.78. The van der Waals surface area contributed by atoms with Crippen molar-refractivity contribution < 1.29 is 31.9 Å². The number of fused-ring (bicyclic) bond motifs is 1. The van der Waals surface area contributed by atoms with Gasteiger partial charge in [-0.3, -0.25) is 9.78 Å². The number of rotatable bonds is 5. The molecule has 0 spiro atoms. The second-order valence-corrected chi connectivity index (χ2v) is 7.90. The number of carbonyl (C=O) groups is 1. The maximum absolute atomic E-state index is 13.7. The Balaban J connectivity index is 1.92. The van der Waals surface area contributed by atoms with Gasteiger partial charge in [-0.2, -0.15) is 13.2 Å². The number of anilines is 1. The number of aromatic nitrogens is 2. The minimum Gasteiger partial charge on any atom is -0.476 e. The van der Waals surface area contributed by atoms with Crippen LogP contribution in [0.3, 0.4) is 0 Å². The zero-order valence-electron chi connectivity index (χ0n) is 17.7. The van der Waals surface area contributed by atoms with Crippen LogP contribution in [0.2, 0.25) is 5.15 Å². The molecule has 0 aliphatic rings. The van der Waals surface area contributed by atoms with E-state index >= 15 is 0 Å². The Kier molecular flexibility index (Phi) is 6.20. The van der Waals surface area contributed by atoms with Crippen molar-refractivity contribution in [2.45, 2.75) is 19.1 Å². The predicted molar refractivity (Wildman–Crippen MR) is 119 cm³/mol. The minimum absolute atomic E-state index is 0.0206. The fraction of sp³-hybridized carbons (Fsp3) is 0.130. The summed E-state index contributed by atoms with van der Waals surface area (Å²) in [4.78, 5) is 31.8. The highest BCUT2D eigenvalue weighted by atomic mass is 35.5. The van der Waals surface area contributed by atoms with Gasteiger partial charge in [0, 0.05) is 23.4 Å². The van der Waals surface area contributed by atoms with E-state index in [9.17, 15) is 32.3 Å². The summed E-state index contributed by atoms with van der Waals surface area (Å²) in [5.41, 5.74) is -2.54. The number of carboxylic acid groups (broad SMARTS) is 1. The van der Waals surface area contributed by atoms with Crippen LogP contribution in [0.4, 0.5) is 23.2 Å². The molecular weight excluding hydrogens is 494 g/mol. The second kappa shape index (κ2) is 8.99. The van der Waals surface area contributed by atoms with Crippen molar-refractivity contribution >= 4 is 34.2 Å². The molecule has 0 aliphatic heterocycles. The monoisotopic (exact) mass is 507 g/mol. The molecule has 0 amide bonds. The highest BCUT2D eigenvalue weighted by Gasteiger charge is 2.33. The van der Waals surface area contributed by atoms with Gasteiger partial charge in [0.05, 0.1) is 28.9 Å². The van der Waals surface area contributed by atoms with Gasteiger partial charge in [0.25, 0.3) is 0 Å². The molecule has 7 nitrogen and oxygen atoms in total. The number of aromatic carboxylic acids is 1. The number of nitrogens with one attached hydrogen (secondary N) is 1. The lowest BCUT2D eigenvalue weighted by atomic mass is 9.99. The third-order valence-electron chi connectivity index (χ3n) is 5.08. The molecule has 0 fully saturated rings. The van der Waals surface area contributed by atoms with E-state index in [0.29, 0.717) is 6.07 Å². The largest absolute Gasteiger partial charge is 0.476 e. The maximum atomic E-state index is 13.7. The van der Waals surface area contributed by atoms with Gasteiger partial charge in [-0.25, -0.2) is 14.2 Å². The molecular formula is C23H14ClF4N3O4. The van der Waals surface area contributed by atoms with Gasteiger partial charge < -0.3 is 14.8 Å². The molecule has 3 heterocycles. The number of hydrogen-bond acceptors (Lipinski definition) is 6. The summed E-state index contributed by atoms with van der Waals surface area (Å²) in [6.45, 7) is 1.45. The van der Waals surface area contributed by atoms with Crippen LogP contribution in [0.1, 0.15) is 34.6 Å². The van der Waals surface area contributed by atoms with Crippen LogP contribution < -0.4 is 10.7 Å². The zero-order chi connectivity index (χ0) is 25.5. The molecule has 0 radical (unpaired) electrons. The quantitative estimate of drug-likeness (QED) is 0.255. The molecule has 0 saturated carbocycles. The number of halogens is 5. The number of pyridine rings is 2. The lowest BCUT2D eigenvalue weighted by Gasteiger charge is -2.20. The molecule has 12 heteroatoms. The van der Waals surface area contributed by atoms with Crippen LogP contribution in [0.25, 0.3) is 22.3 Å². The Morgan fingerprint density at radius 3 is 2.57 bits per heavy atom. The molecule has 1 atom stereocenters. The number of hydrogen-bond donors (Lipinski definition) is 2. The number of benzene rings is 1. The summed E-state index contributed by atoms with van der Waals surface area (Å²) in [7, 11) is 0. The van der Waals surface area contributed by atoms with E-state index < -0.39 is 40.7 Å². The third kappa shape index (κ3) is 4.94. The summed E-state index contributed by atoms with van der Waals surface area (Å²) in [6, 6.07) is 5.09. The van der Waals surface area contributed by atoms with Gasteiger partial charge in [0.1, 0.15) is 22.3 Å². The average molecular weight is 508 g/mol. The molecule has 3 aromatic heterocycles. The molecule has 0 bridgehead atoms. The van der Waals surface area contributed by atoms with Crippen LogP contribution in [0.15, 0.2) is 58.0 Å². The number of alkyl halides is 3. The van der Waals surface area contributed by atoms with Crippen LogP contribution in [0.5, 0.6) is 0 Å². The first-order valence-corrected chi connectivity index (χ1v) is 10.3. The van der Waals surface area contributed by atoms with E-state index in [-0.39, 0.29) is 38.7 Å². The van der Waals surface area contributed by atoms with Crippen molar-refractivity contribution in [3.8, 4) is 11.3 Å². The van der Waals surface area contributed by atoms with Crippen LogP contribution in [-0.2, 0) is 6.18 Å². The predicted octanol–water partition coefficient (Wildman–Crippen LogP) is 5.93. The average Bonchev–Trinajstić information content (AvgIpc) is 2.78. The topological polar surface area (TPSA) is 105 Å². The highest BCUT2D eigenvalue weighted by molar-refractivity contribution is 6.29. The van der Waals surface area contributed by atoms with Crippen molar-refractivity contribution in [1.29, 1.82) is 0 Å². The fourth-order valence-electron chi connectivity index (χ4n) is 3.48. The van der Waals surface area contributed by atoms with E-state index in [4.69, 9.17) is 16.0 Å². The normalized spacial score (nSPS) is 12.5. The van der Waals surface area contributed by atoms with E-state index in [1.807, 2.05) is 0 Å². The van der Waals surface area contributed by atoms with Gasteiger partial charge >= 0.3 is 12.1 Å². The molecule has 4 aromatic rings. The second-order valence-electron chi connectivity index (χ2n) is 7.51. The first-order valence-electron chi connectivity index (χ1n) is 9.90. The van der Waals surface area contributed by atoms with Crippen molar-refractivity contribution in [3.05, 3.63) is 86.8 Å². The van der Waals surface area contributed by atoms with Crippen LogP contribution in [-0.4, -0.2) is 21.0 Å². The van der Waals surface area contributed by atoms with Gasteiger partial charge in [0.15, 0.2) is 11.1 Å². The van der Waals surface area contributed by atoms with Gasteiger partial charge in [-0.15, -0.1) is 0 Å². The summed E-state index contributed by atoms with van der Waals surface area (Å²) in [5.74, 6) is -2.23. The molecule has 4 rings (SSSR count). The fourth-order valence-corrected chi connectivity index (χ4v) is 3.63. The standard InChI is InChI=1S/C23H14ClF4N3O4/c1-10(30-16-2-3-19(24)31-20(16)22(33)34)14-5-12(23(26,27)28)6-15-17(32)7-18(35-21(14)15)11-4-13(25)9-29-8-11/h2-10,30H,1H3,(H,33,34)/t10-/m1/s1. The maximum Gasteiger partial charge on any atom is 0.416 e. The Hall–Kier alpha value is -3.99. The third-order valence-corrected chi connectivity index (χ3v) is 5.29. The number of nitrogens with zero attached hydrogens (tertiary/aromatic N) is 2. The van der Waals surface area contributed by atoms with Crippen molar-refractivity contribution in [2.24, 2.45) is 0 Å². The molecule has 0 saturated heterocycles. The van der Waals surface area contributed by atoms with Gasteiger partial charge in [-0.1, -0.05) is 11.6 Å². The first kappa shape index (κ1) is 24.1. The SMILES string of the molecule is C[C@@H](Nc1ccc(Cl)nc1C(=O)O)c1cc(C(F)(F)F)cc2c(=O)cc(-c3cncc(F)c3)oc12. The van der Waals surface area contributed by atoms with E-state index in [0.717, 1.165) is 24.4 Å². The Morgan fingerprint density at radius 1 is 1.17 bits per heavy atom. The smallest absolute Gasteiger partial charge is 0.416 e.